The first-order valence-electron chi connectivity index (χ1n) is 19.6. The number of hydrogen-bond acceptors (Lipinski definition) is 16. The van der Waals surface area contributed by atoms with Crippen LogP contribution in [0.3, 0.4) is 0 Å². The molecular weight excluding hydrogens is 843 g/mol. The van der Waals surface area contributed by atoms with Gasteiger partial charge in [0.2, 0.25) is 17.7 Å². The molecule has 0 spiro atoms. The molecular formula is C38H51N7O16S. The van der Waals surface area contributed by atoms with Crippen molar-refractivity contribution in [1.82, 2.24) is 30.5 Å². The van der Waals surface area contributed by atoms with Gasteiger partial charge in [-0.25, -0.2) is 4.79 Å². The monoisotopic (exact) mass is 893 g/mol. The Morgan fingerprint density at radius 1 is 0.952 bits per heavy atom. The summed E-state index contributed by atoms with van der Waals surface area (Å²) in [6.07, 6.45) is -5.49. The molecule has 4 rings (SSSR count). The van der Waals surface area contributed by atoms with E-state index in [2.05, 4.69) is 26.3 Å². The molecule has 24 heteroatoms. The summed E-state index contributed by atoms with van der Waals surface area (Å²) in [6.45, 7) is 6.08. The van der Waals surface area contributed by atoms with Crippen LogP contribution in [0.1, 0.15) is 76.2 Å². The van der Waals surface area contributed by atoms with E-state index in [0.717, 1.165) is 17.1 Å². The maximum Gasteiger partial charge on any atom is 0.335 e. The molecule has 3 heterocycles. The largest absolute Gasteiger partial charge is 0.479 e. The van der Waals surface area contributed by atoms with Crippen LogP contribution in [0.15, 0.2) is 36.5 Å². The van der Waals surface area contributed by atoms with Gasteiger partial charge in [-0.2, -0.15) is 8.42 Å². The Labute approximate surface area is 355 Å². The van der Waals surface area contributed by atoms with Crippen LogP contribution in [0, 0.1) is 5.92 Å². The summed E-state index contributed by atoms with van der Waals surface area (Å²) < 4.78 is 43.1. The van der Waals surface area contributed by atoms with E-state index in [9.17, 15) is 62.4 Å². The van der Waals surface area contributed by atoms with Gasteiger partial charge in [-0.15, -0.1) is 5.10 Å². The number of carboxylic acid groups (broad SMARTS) is 1. The van der Waals surface area contributed by atoms with Gasteiger partial charge in [-0.1, -0.05) is 32.1 Å². The number of aryl methyl sites for hydroxylation is 2. The minimum absolute atomic E-state index is 0.00848. The number of rotatable bonds is 21. The van der Waals surface area contributed by atoms with Crippen molar-refractivity contribution in [2.75, 3.05) is 11.1 Å². The molecule has 8 atom stereocenters. The zero-order valence-electron chi connectivity index (χ0n) is 34.2. The van der Waals surface area contributed by atoms with Crippen LogP contribution in [0.2, 0.25) is 0 Å². The molecule has 8 N–H and O–H groups in total. The molecule has 2 aliphatic rings. The van der Waals surface area contributed by atoms with Crippen LogP contribution >= 0.6 is 0 Å². The number of nitrogens with zero attached hydrogens (tertiary/aromatic N) is 4. The highest BCUT2D eigenvalue weighted by atomic mass is 32.2. The highest BCUT2D eigenvalue weighted by Crippen LogP contribution is 2.28. The molecule has 2 aliphatic heterocycles. The van der Waals surface area contributed by atoms with Crippen LogP contribution in [-0.4, -0.2) is 143 Å². The van der Waals surface area contributed by atoms with Gasteiger partial charge < -0.3 is 45.9 Å². The Hall–Kier alpha value is -5.66. The predicted octanol–water partition coefficient (Wildman–Crippen LogP) is -1.48. The Morgan fingerprint density at radius 3 is 2.24 bits per heavy atom. The van der Waals surface area contributed by atoms with Gasteiger partial charge in [0.1, 0.15) is 42.7 Å². The van der Waals surface area contributed by atoms with E-state index in [-0.39, 0.29) is 50.2 Å². The number of aliphatic carboxylic acids is 1. The first-order chi connectivity index (χ1) is 29.1. The minimum atomic E-state index is -4.24. The van der Waals surface area contributed by atoms with Gasteiger partial charge >= 0.3 is 11.9 Å². The molecule has 2 aromatic rings. The summed E-state index contributed by atoms with van der Waals surface area (Å²) >= 11 is 0. The van der Waals surface area contributed by atoms with Crippen molar-refractivity contribution in [3.05, 3.63) is 53.4 Å². The molecule has 23 nitrogen and oxygen atoms in total. The highest BCUT2D eigenvalue weighted by molar-refractivity contribution is 7.85. The fourth-order valence-corrected chi connectivity index (χ4v) is 7.12. The predicted molar refractivity (Wildman–Crippen MR) is 212 cm³/mol. The third-order valence-corrected chi connectivity index (χ3v) is 10.8. The van der Waals surface area contributed by atoms with Crippen LogP contribution in [0.25, 0.3) is 0 Å². The molecule has 1 saturated heterocycles. The van der Waals surface area contributed by atoms with E-state index in [4.69, 9.17) is 14.0 Å². The number of carbonyl (C=O) groups excluding carboxylic acids is 6. The lowest BCUT2D eigenvalue weighted by Crippen LogP contribution is -2.59. The average molecular weight is 894 g/mol. The second kappa shape index (κ2) is 21.4. The molecule has 0 aliphatic carbocycles. The number of benzene rings is 1. The maximum absolute atomic E-state index is 13.5. The second-order valence-corrected chi connectivity index (χ2v) is 16.7. The van der Waals surface area contributed by atoms with E-state index >= 15 is 0 Å². The lowest BCUT2D eigenvalue weighted by molar-refractivity contribution is -0.228. The topological polar surface area (TPSA) is 343 Å². The number of carboxylic acids is 1. The zero-order chi connectivity index (χ0) is 46.1. The quantitative estimate of drug-likeness (QED) is 0.0402. The summed E-state index contributed by atoms with van der Waals surface area (Å²) in [5, 5.41) is 55.9. The van der Waals surface area contributed by atoms with Crippen molar-refractivity contribution in [2.45, 2.75) is 122 Å². The molecule has 5 amide bonds. The van der Waals surface area contributed by atoms with Gasteiger partial charge in [-0.05, 0) is 55.4 Å². The number of esters is 1. The molecule has 1 aromatic heterocycles. The summed E-state index contributed by atoms with van der Waals surface area (Å²) in [4.78, 5) is 90.0. The number of aliphatic hydroxyl groups is 3. The van der Waals surface area contributed by atoms with E-state index < -0.39 is 118 Å². The summed E-state index contributed by atoms with van der Waals surface area (Å²) in [5.74, 6) is -6.81. The molecule has 340 valence electrons. The number of ether oxygens (including phenoxy) is 2. The van der Waals surface area contributed by atoms with Crippen molar-refractivity contribution in [3.8, 4) is 0 Å². The Bertz CT molecular complexity index is 2130. The van der Waals surface area contributed by atoms with Crippen LogP contribution in [-0.2, 0) is 72.7 Å². The number of hydrogen-bond donors (Lipinski definition) is 8. The van der Waals surface area contributed by atoms with Crippen molar-refractivity contribution in [2.24, 2.45) is 5.92 Å². The molecule has 1 fully saturated rings. The Kier molecular flexibility index (Phi) is 16.9. The summed E-state index contributed by atoms with van der Waals surface area (Å²) in [6, 6.07) is 0.928. The molecule has 1 aromatic carbocycles. The summed E-state index contributed by atoms with van der Waals surface area (Å²) in [7, 11) is -4.24. The van der Waals surface area contributed by atoms with Crippen LogP contribution in [0.5, 0.6) is 0 Å². The second-order valence-electron chi connectivity index (χ2n) is 15.1. The van der Waals surface area contributed by atoms with Gasteiger partial charge in [0, 0.05) is 30.8 Å². The molecule has 0 bridgehead atoms. The number of nitrogens with one attached hydrogen (secondary N) is 3. The van der Waals surface area contributed by atoms with Crippen LogP contribution in [0.4, 0.5) is 5.69 Å². The number of aromatic nitrogens is 3. The van der Waals surface area contributed by atoms with E-state index in [1.54, 1.807) is 26.8 Å². The third-order valence-electron chi connectivity index (χ3n) is 10.0. The number of amides is 5. The number of aliphatic hydroxyl groups excluding tert-OH is 3. The lowest BCUT2D eigenvalue weighted by Gasteiger charge is -2.39. The van der Waals surface area contributed by atoms with Gasteiger partial charge in [0.15, 0.2) is 6.10 Å². The van der Waals surface area contributed by atoms with Gasteiger partial charge in [0.05, 0.1) is 30.5 Å². The highest BCUT2D eigenvalue weighted by Gasteiger charge is 2.46. The fraction of sp³-hybridized carbons (Fsp3) is 0.553. The van der Waals surface area contributed by atoms with Crippen molar-refractivity contribution in [3.63, 3.8) is 0 Å². The number of anilines is 1. The maximum atomic E-state index is 13.5. The van der Waals surface area contributed by atoms with Gasteiger partial charge in [-0.3, -0.25) is 42.9 Å². The third kappa shape index (κ3) is 13.2. The van der Waals surface area contributed by atoms with E-state index in [1.165, 1.54) is 29.9 Å². The normalized spacial score (nSPS) is 21.6. The Balaban J connectivity index is 1.43. The smallest absolute Gasteiger partial charge is 0.335 e. The van der Waals surface area contributed by atoms with Crippen LogP contribution < -0.4 is 16.0 Å². The molecule has 0 unspecified atom stereocenters. The fourth-order valence-electron chi connectivity index (χ4n) is 6.62. The van der Waals surface area contributed by atoms with Crippen molar-refractivity contribution < 1.29 is 76.4 Å². The summed E-state index contributed by atoms with van der Waals surface area (Å²) in [5.41, 5.74) is 1.23. The molecule has 62 heavy (non-hydrogen) atoms. The van der Waals surface area contributed by atoms with E-state index in [0.29, 0.717) is 11.1 Å². The minimum Gasteiger partial charge on any atom is -0.479 e. The van der Waals surface area contributed by atoms with E-state index in [1.807, 2.05) is 0 Å². The average Bonchev–Trinajstić information content (AvgIpc) is 3.81. The SMILES string of the molecule is CCC(=O)OCc1ccc(NC(=O)[C@H](C)NC(=O)[C@@H](NC(=O)C[C@H](c2cn(CCCS(=O)(=O)O)nn2)N2C(=O)C=CC2=O)C(C)C)cc1CC[C@@H]1O[C@H](C(=O)O)[C@@H](O)[C@H](O)[C@H]1O. The first-order valence-corrected chi connectivity index (χ1v) is 21.2. The molecule has 0 radical (unpaired) electrons. The standard InChI is InChI=1S/C38H51N7O16S/c1-5-30(49)60-18-22-7-9-23(15-21(22)8-10-26-32(50)33(51)34(52)35(61-26)38(55)56)40-36(53)20(4)39-37(54)31(19(2)3)41-27(46)16-25(45-28(47)11-12-29(45)48)24-17-44(43-42-24)13-6-14-62(57,58)59/h7,9,11-12,15,17,19-20,25-26,31-35,50-52H,5-6,8,10,13-14,16,18H2,1-4H3,(H,39,54)(H,40,53)(H,41,46)(H,55,56)(H,57,58,59)/t20-,25+,26-,31-,32-,33+,34-,35-/m0/s1. The number of carbonyl (C=O) groups is 7. The first kappa shape index (κ1) is 49.0. The van der Waals surface area contributed by atoms with Crippen molar-refractivity contribution >= 4 is 57.3 Å². The van der Waals surface area contributed by atoms with Gasteiger partial charge in [0.25, 0.3) is 21.9 Å². The Morgan fingerprint density at radius 2 is 1.63 bits per heavy atom. The molecule has 0 saturated carbocycles. The zero-order valence-corrected chi connectivity index (χ0v) is 35.1. The van der Waals surface area contributed by atoms with Crippen molar-refractivity contribution in [1.29, 1.82) is 0 Å². The number of imide groups is 1. The lowest BCUT2D eigenvalue weighted by atomic mass is 9.91.